The lowest BCUT2D eigenvalue weighted by molar-refractivity contribution is 0.610. The minimum atomic E-state index is -0.279. The summed E-state index contributed by atoms with van der Waals surface area (Å²) in [4.78, 5) is 15.1. The van der Waals surface area contributed by atoms with E-state index in [2.05, 4.69) is 36.2 Å². The summed E-state index contributed by atoms with van der Waals surface area (Å²) in [5.74, 6) is 1.89. The largest absolute Gasteiger partial charge is 0.355 e. The van der Waals surface area contributed by atoms with Crippen molar-refractivity contribution in [3.8, 4) is 0 Å². The highest BCUT2D eigenvalue weighted by atomic mass is 127. The van der Waals surface area contributed by atoms with Gasteiger partial charge in [-0.3, -0.25) is 4.99 Å². The quantitative estimate of drug-likeness (QED) is 0.306. The van der Waals surface area contributed by atoms with Crippen LogP contribution in [0.4, 0.5) is 10.2 Å². The van der Waals surface area contributed by atoms with Gasteiger partial charge < -0.3 is 20.1 Å². The fourth-order valence-corrected chi connectivity index (χ4v) is 3.83. The minimum absolute atomic E-state index is 0. The summed E-state index contributed by atoms with van der Waals surface area (Å²) in [6.45, 7) is 5.01. The van der Waals surface area contributed by atoms with Gasteiger partial charge in [-0.05, 0) is 37.6 Å². The lowest BCUT2D eigenvalue weighted by atomic mass is 10.3. The van der Waals surface area contributed by atoms with Gasteiger partial charge in [0, 0.05) is 45.5 Å². The van der Waals surface area contributed by atoms with E-state index in [-0.39, 0.29) is 35.8 Å². The molecule has 7 nitrogen and oxygen atoms in total. The maximum Gasteiger partial charge on any atom is 0.191 e. The number of para-hydroxylation sites is 2. The van der Waals surface area contributed by atoms with Crippen molar-refractivity contribution < 1.29 is 4.39 Å². The standard InChI is InChI=1S/C21H26FN7.HI/c1-15-26-18-7-3-4-8-19(18)29(15)13-11-25-21(23-2)27-16-9-12-28(14-16)20-17(22)6-5-10-24-20;/h3-8,10,16H,9,11-14H2,1-2H3,(H2,23,25,27);1H. The molecule has 1 saturated heterocycles. The van der Waals surface area contributed by atoms with Gasteiger partial charge in [-0.1, -0.05) is 12.1 Å². The summed E-state index contributed by atoms with van der Waals surface area (Å²) in [6, 6.07) is 11.4. The number of imidazole rings is 1. The van der Waals surface area contributed by atoms with Crippen molar-refractivity contribution in [3.05, 3.63) is 54.2 Å². The second kappa shape index (κ2) is 10.1. The van der Waals surface area contributed by atoms with Crippen molar-refractivity contribution in [2.24, 2.45) is 4.99 Å². The van der Waals surface area contributed by atoms with Crippen LogP contribution in [0.1, 0.15) is 12.2 Å². The first-order valence-electron chi connectivity index (χ1n) is 9.90. The third-order valence-electron chi connectivity index (χ3n) is 5.26. The molecule has 1 atom stereocenters. The van der Waals surface area contributed by atoms with Crippen molar-refractivity contribution in [2.45, 2.75) is 25.9 Å². The zero-order chi connectivity index (χ0) is 20.2. The van der Waals surface area contributed by atoms with E-state index in [0.29, 0.717) is 12.4 Å². The highest BCUT2D eigenvalue weighted by Crippen LogP contribution is 2.20. The summed E-state index contributed by atoms with van der Waals surface area (Å²) < 4.78 is 16.2. The van der Waals surface area contributed by atoms with Gasteiger partial charge in [0.2, 0.25) is 0 Å². The van der Waals surface area contributed by atoms with E-state index in [1.807, 2.05) is 30.0 Å². The fourth-order valence-electron chi connectivity index (χ4n) is 3.83. The van der Waals surface area contributed by atoms with E-state index in [4.69, 9.17) is 0 Å². The Kier molecular flexibility index (Phi) is 7.46. The zero-order valence-corrected chi connectivity index (χ0v) is 19.5. The number of hydrogen-bond acceptors (Lipinski definition) is 4. The van der Waals surface area contributed by atoms with E-state index < -0.39 is 0 Å². The molecule has 160 valence electrons. The number of nitrogens with one attached hydrogen (secondary N) is 2. The van der Waals surface area contributed by atoms with Crippen LogP contribution < -0.4 is 15.5 Å². The second-order valence-corrected chi connectivity index (χ2v) is 7.18. The van der Waals surface area contributed by atoms with Gasteiger partial charge in [-0.25, -0.2) is 14.4 Å². The van der Waals surface area contributed by atoms with Crippen LogP contribution in [-0.4, -0.2) is 53.2 Å². The van der Waals surface area contributed by atoms with E-state index in [1.54, 1.807) is 19.3 Å². The molecule has 0 spiro atoms. The van der Waals surface area contributed by atoms with Gasteiger partial charge in [0.1, 0.15) is 5.82 Å². The molecule has 2 N–H and O–H groups in total. The molecule has 0 bridgehead atoms. The monoisotopic (exact) mass is 523 g/mol. The molecule has 2 aromatic heterocycles. The molecule has 1 fully saturated rings. The number of anilines is 1. The summed E-state index contributed by atoms with van der Waals surface area (Å²) in [5, 5.41) is 6.81. The fraction of sp³-hybridized carbons (Fsp3) is 0.381. The Morgan fingerprint density at radius 1 is 1.27 bits per heavy atom. The van der Waals surface area contributed by atoms with E-state index in [1.165, 1.54) is 6.07 Å². The number of nitrogens with zero attached hydrogens (tertiary/aromatic N) is 5. The number of aromatic nitrogens is 3. The van der Waals surface area contributed by atoms with Gasteiger partial charge in [-0.2, -0.15) is 0 Å². The molecule has 1 aromatic carbocycles. The molecule has 4 rings (SSSR count). The van der Waals surface area contributed by atoms with Crippen molar-refractivity contribution in [1.82, 2.24) is 25.2 Å². The molecule has 1 unspecified atom stereocenters. The number of halogens is 2. The van der Waals surface area contributed by atoms with Crippen LogP contribution in [-0.2, 0) is 6.54 Å². The summed E-state index contributed by atoms with van der Waals surface area (Å²) in [7, 11) is 1.76. The topological polar surface area (TPSA) is 70.4 Å². The molecule has 1 aliphatic heterocycles. The lowest BCUT2D eigenvalue weighted by Gasteiger charge is -2.20. The van der Waals surface area contributed by atoms with Crippen LogP contribution in [0.5, 0.6) is 0 Å². The predicted molar refractivity (Wildman–Crippen MR) is 129 cm³/mol. The number of pyridine rings is 1. The van der Waals surface area contributed by atoms with Gasteiger partial charge in [0.15, 0.2) is 17.6 Å². The molecule has 30 heavy (non-hydrogen) atoms. The molecule has 3 aromatic rings. The SMILES string of the molecule is CN=C(NCCn1c(C)nc2ccccc21)NC1CCN(c2ncccc2F)C1.I. The van der Waals surface area contributed by atoms with Gasteiger partial charge >= 0.3 is 0 Å². The molecular weight excluding hydrogens is 496 g/mol. The molecular formula is C21H27FIN7. The van der Waals surface area contributed by atoms with Crippen molar-refractivity contribution in [3.63, 3.8) is 0 Å². The maximum absolute atomic E-state index is 14.0. The second-order valence-electron chi connectivity index (χ2n) is 7.18. The number of fused-ring (bicyclic) bond motifs is 1. The van der Waals surface area contributed by atoms with Crippen LogP contribution in [0.15, 0.2) is 47.6 Å². The zero-order valence-electron chi connectivity index (χ0n) is 17.2. The molecule has 0 aliphatic carbocycles. The Labute approximate surface area is 192 Å². The van der Waals surface area contributed by atoms with Crippen LogP contribution >= 0.6 is 24.0 Å². The molecule has 0 amide bonds. The summed E-state index contributed by atoms with van der Waals surface area (Å²) in [5.41, 5.74) is 2.15. The van der Waals surface area contributed by atoms with Gasteiger partial charge in [0.05, 0.1) is 11.0 Å². The molecule has 0 saturated carbocycles. The van der Waals surface area contributed by atoms with Crippen LogP contribution in [0.3, 0.4) is 0 Å². The predicted octanol–water partition coefficient (Wildman–Crippen LogP) is 2.94. The number of aryl methyl sites for hydroxylation is 1. The smallest absolute Gasteiger partial charge is 0.191 e. The third-order valence-corrected chi connectivity index (χ3v) is 5.26. The maximum atomic E-state index is 14.0. The average Bonchev–Trinajstić information content (AvgIpc) is 3.31. The van der Waals surface area contributed by atoms with Crippen molar-refractivity contribution in [1.29, 1.82) is 0 Å². The van der Waals surface area contributed by atoms with E-state index in [9.17, 15) is 4.39 Å². The van der Waals surface area contributed by atoms with Crippen LogP contribution in [0.25, 0.3) is 11.0 Å². The van der Waals surface area contributed by atoms with Gasteiger partial charge in [-0.15, -0.1) is 24.0 Å². The molecule has 9 heteroatoms. The number of aliphatic imine (C=N–C) groups is 1. The van der Waals surface area contributed by atoms with Gasteiger partial charge in [0.25, 0.3) is 0 Å². The Balaban J connectivity index is 0.00000256. The number of rotatable bonds is 5. The minimum Gasteiger partial charge on any atom is -0.355 e. The third kappa shape index (κ3) is 4.82. The van der Waals surface area contributed by atoms with E-state index in [0.717, 1.165) is 48.9 Å². The van der Waals surface area contributed by atoms with Crippen LogP contribution in [0, 0.1) is 12.7 Å². The Morgan fingerprint density at radius 3 is 2.90 bits per heavy atom. The summed E-state index contributed by atoms with van der Waals surface area (Å²) >= 11 is 0. The first kappa shape index (κ1) is 22.3. The first-order chi connectivity index (χ1) is 14.2. The molecule has 0 radical (unpaired) electrons. The Morgan fingerprint density at radius 2 is 2.10 bits per heavy atom. The average molecular weight is 523 g/mol. The molecule has 1 aliphatic rings. The highest BCUT2D eigenvalue weighted by molar-refractivity contribution is 14.0. The Hall–Kier alpha value is -2.43. The normalized spacial score (nSPS) is 16.6. The van der Waals surface area contributed by atoms with Crippen molar-refractivity contribution in [2.75, 3.05) is 31.6 Å². The molecule has 3 heterocycles. The first-order valence-corrected chi connectivity index (χ1v) is 9.90. The summed E-state index contributed by atoms with van der Waals surface area (Å²) in [6.07, 6.45) is 2.53. The van der Waals surface area contributed by atoms with Crippen molar-refractivity contribution >= 4 is 46.8 Å². The number of guanidine groups is 1. The number of benzene rings is 1. The highest BCUT2D eigenvalue weighted by Gasteiger charge is 2.25. The lowest BCUT2D eigenvalue weighted by Crippen LogP contribution is -2.45. The number of hydrogen-bond donors (Lipinski definition) is 2. The van der Waals surface area contributed by atoms with E-state index >= 15 is 0 Å². The van der Waals surface area contributed by atoms with Crippen LogP contribution in [0.2, 0.25) is 0 Å². The Bertz CT molecular complexity index is 1020.